The van der Waals surface area contributed by atoms with Crippen LogP contribution in [0.2, 0.25) is 0 Å². The van der Waals surface area contributed by atoms with Crippen LogP contribution in [0.15, 0.2) is 29.4 Å². The Morgan fingerprint density at radius 2 is 2.31 bits per heavy atom. The van der Waals surface area contributed by atoms with Crippen LogP contribution in [0.5, 0.6) is 0 Å². The van der Waals surface area contributed by atoms with E-state index in [0.29, 0.717) is 12.1 Å². The molecular weight excluding hydrogens is 202 g/mol. The molecule has 0 saturated carbocycles. The van der Waals surface area contributed by atoms with E-state index in [1.165, 1.54) is 6.92 Å². The molecule has 0 unspecified atom stereocenters. The van der Waals surface area contributed by atoms with Gasteiger partial charge in [-0.15, -0.1) is 0 Å². The van der Waals surface area contributed by atoms with Gasteiger partial charge in [0.2, 0.25) is 0 Å². The summed E-state index contributed by atoms with van der Waals surface area (Å²) in [5.74, 6) is 0.0460. The first-order valence-corrected chi connectivity index (χ1v) is 4.94. The Labute approximate surface area is 94.2 Å². The zero-order valence-corrected chi connectivity index (χ0v) is 9.34. The maximum absolute atomic E-state index is 11.2. The molecule has 16 heavy (non-hydrogen) atoms. The summed E-state index contributed by atoms with van der Waals surface area (Å²) in [6, 6.07) is 5.55. The summed E-state index contributed by atoms with van der Waals surface area (Å²) in [6.07, 6.45) is 3.63. The summed E-state index contributed by atoms with van der Waals surface area (Å²) >= 11 is 0. The number of aryl methyl sites for hydroxylation is 1. The molecule has 0 heterocycles. The quantitative estimate of drug-likeness (QED) is 0.328. The highest BCUT2D eigenvalue weighted by Gasteiger charge is 2.01. The van der Waals surface area contributed by atoms with Gasteiger partial charge >= 0.3 is 0 Å². The fraction of sp³-hybridized carbons (Fsp3) is 0.250. The largest absolute Gasteiger partial charge is 0.295 e. The van der Waals surface area contributed by atoms with E-state index in [0.717, 1.165) is 11.1 Å². The van der Waals surface area contributed by atoms with Crippen LogP contribution in [0.4, 0.5) is 0 Å². The molecular formula is C12H13N3O. The van der Waals surface area contributed by atoms with E-state index in [9.17, 15) is 4.79 Å². The lowest BCUT2D eigenvalue weighted by molar-refractivity contribution is 0.101. The van der Waals surface area contributed by atoms with Gasteiger partial charge in [0.25, 0.3) is 0 Å². The van der Waals surface area contributed by atoms with Crippen molar-refractivity contribution in [3.05, 3.63) is 51.4 Å². The van der Waals surface area contributed by atoms with E-state index in [-0.39, 0.29) is 5.78 Å². The molecule has 0 saturated heterocycles. The van der Waals surface area contributed by atoms with Crippen molar-refractivity contribution in [3.63, 3.8) is 0 Å². The number of Topliss-reactive ketones (excluding diaryl/α,β-unsaturated/α-hetero) is 1. The molecule has 0 fully saturated rings. The second-order valence-electron chi connectivity index (χ2n) is 3.44. The van der Waals surface area contributed by atoms with Crippen molar-refractivity contribution in [3.8, 4) is 0 Å². The van der Waals surface area contributed by atoms with Crippen LogP contribution in [-0.4, -0.2) is 12.3 Å². The third kappa shape index (κ3) is 3.26. The van der Waals surface area contributed by atoms with Crippen LogP contribution in [0.3, 0.4) is 0 Å². The molecule has 4 nitrogen and oxygen atoms in total. The molecule has 0 radical (unpaired) electrons. The molecule has 1 aromatic carbocycles. The van der Waals surface area contributed by atoms with Crippen molar-refractivity contribution >= 4 is 11.9 Å². The fourth-order valence-electron chi connectivity index (χ4n) is 1.30. The predicted molar refractivity (Wildman–Crippen MR) is 64.2 cm³/mol. The summed E-state index contributed by atoms with van der Waals surface area (Å²) in [5.41, 5.74) is 10.9. The number of hydrogen-bond donors (Lipinski definition) is 0. The zero-order chi connectivity index (χ0) is 12.0. The van der Waals surface area contributed by atoms with Gasteiger partial charge in [0.15, 0.2) is 5.78 Å². The molecule has 0 atom stereocenters. The number of azide groups is 1. The molecule has 1 rings (SSSR count). The van der Waals surface area contributed by atoms with Gasteiger partial charge in [-0.3, -0.25) is 4.79 Å². The Morgan fingerprint density at radius 1 is 1.56 bits per heavy atom. The molecule has 0 aliphatic rings. The lowest BCUT2D eigenvalue weighted by Gasteiger charge is -2.02. The normalized spacial score (nSPS) is 10.1. The second kappa shape index (κ2) is 5.73. The smallest absolute Gasteiger partial charge is 0.159 e. The van der Waals surface area contributed by atoms with Gasteiger partial charge in [0, 0.05) is 17.0 Å². The lowest BCUT2D eigenvalue weighted by atomic mass is 10.0. The summed E-state index contributed by atoms with van der Waals surface area (Å²) in [5, 5.41) is 3.40. The zero-order valence-electron chi connectivity index (χ0n) is 9.34. The first-order chi connectivity index (χ1) is 7.65. The maximum atomic E-state index is 11.2. The number of benzene rings is 1. The SMILES string of the molecule is CC(=O)c1ccc(C)c(C=CCN=[N+]=[N-])c1. The lowest BCUT2D eigenvalue weighted by Crippen LogP contribution is -1.93. The molecule has 0 spiro atoms. The highest BCUT2D eigenvalue weighted by Crippen LogP contribution is 2.13. The van der Waals surface area contributed by atoms with Crippen molar-refractivity contribution in [2.24, 2.45) is 5.11 Å². The van der Waals surface area contributed by atoms with Gasteiger partial charge in [-0.25, -0.2) is 0 Å². The first-order valence-electron chi connectivity index (χ1n) is 4.94. The standard InChI is InChI=1S/C12H13N3O/c1-9-5-6-12(10(2)16)8-11(9)4-3-7-14-15-13/h3-6,8H,7H2,1-2H3. The van der Waals surface area contributed by atoms with Gasteiger partial charge in [0.05, 0.1) is 0 Å². The summed E-state index contributed by atoms with van der Waals surface area (Å²) < 4.78 is 0. The van der Waals surface area contributed by atoms with Crippen molar-refractivity contribution in [2.45, 2.75) is 13.8 Å². The third-order valence-electron chi connectivity index (χ3n) is 2.23. The minimum Gasteiger partial charge on any atom is -0.295 e. The Hall–Kier alpha value is -2.06. The molecule has 0 aromatic heterocycles. The average Bonchev–Trinajstić information content (AvgIpc) is 2.26. The highest BCUT2D eigenvalue weighted by molar-refractivity contribution is 5.94. The van der Waals surface area contributed by atoms with Crippen molar-refractivity contribution in [2.75, 3.05) is 6.54 Å². The number of ketones is 1. The fourth-order valence-corrected chi connectivity index (χ4v) is 1.30. The van der Waals surface area contributed by atoms with Crippen LogP contribution in [0.1, 0.15) is 28.4 Å². The Morgan fingerprint density at radius 3 is 2.94 bits per heavy atom. The highest BCUT2D eigenvalue weighted by atomic mass is 16.1. The van der Waals surface area contributed by atoms with Crippen LogP contribution >= 0.6 is 0 Å². The van der Waals surface area contributed by atoms with E-state index in [1.54, 1.807) is 6.08 Å². The second-order valence-corrected chi connectivity index (χ2v) is 3.44. The molecule has 0 aliphatic heterocycles. The number of rotatable bonds is 4. The van der Waals surface area contributed by atoms with Crippen LogP contribution < -0.4 is 0 Å². The molecule has 0 amide bonds. The van der Waals surface area contributed by atoms with E-state index < -0.39 is 0 Å². The van der Waals surface area contributed by atoms with Crippen LogP contribution in [0, 0.1) is 6.92 Å². The van der Waals surface area contributed by atoms with Gasteiger partial charge in [-0.05, 0) is 36.6 Å². The summed E-state index contributed by atoms with van der Waals surface area (Å²) in [4.78, 5) is 13.8. The number of carbonyl (C=O) groups is 1. The topological polar surface area (TPSA) is 65.8 Å². The Balaban J connectivity index is 2.94. The monoisotopic (exact) mass is 215 g/mol. The molecule has 4 heteroatoms. The molecule has 0 bridgehead atoms. The van der Waals surface area contributed by atoms with Gasteiger partial charge in [-0.2, -0.15) is 0 Å². The minimum atomic E-state index is 0.0460. The van der Waals surface area contributed by atoms with E-state index in [1.807, 2.05) is 31.2 Å². The van der Waals surface area contributed by atoms with Gasteiger partial charge < -0.3 is 0 Å². The predicted octanol–water partition coefficient (Wildman–Crippen LogP) is 3.52. The average molecular weight is 215 g/mol. The van der Waals surface area contributed by atoms with Crippen LogP contribution in [0.25, 0.3) is 16.5 Å². The maximum Gasteiger partial charge on any atom is 0.159 e. The first kappa shape index (κ1) is 12.0. The van der Waals surface area contributed by atoms with E-state index in [2.05, 4.69) is 10.0 Å². The third-order valence-corrected chi connectivity index (χ3v) is 2.23. The Kier molecular flexibility index (Phi) is 4.30. The van der Waals surface area contributed by atoms with Gasteiger partial charge in [0.1, 0.15) is 0 Å². The summed E-state index contributed by atoms with van der Waals surface area (Å²) in [6.45, 7) is 3.83. The van der Waals surface area contributed by atoms with Crippen molar-refractivity contribution < 1.29 is 4.79 Å². The van der Waals surface area contributed by atoms with Crippen molar-refractivity contribution in [1.29, 1.82) is 0 Å². The van der Waals surface area contributed by atoms with E-state index >= 15 is 0 Å². The molecule has 82 valence electrons. The van der Waals surface area contributed by atoms with E-state index in [4.69, 9.17) is 5.53 Å². The van der Waals surface area contributed by atoms with Gasteiger partial charge in [-0.1, -0.05) is 29.4 Å². The van der Waals surface area contributed by atoms with Crippen molar-refractivity contribution in [1.82, 2.24) is 0 Å². The molecule has 1 aromatic rings. The summed E-state index contributed by atoms with van der Waals surface area (Å²) in [7, 11) is 0. The number of hydrogen-bond acceptors (Lipinski definition) is 2. The van der Waals surface area contributed by atoms with Crippen LogP contribution in [-0.2, 0) is 0 Å². The number of nitrogens with zero attached hydrogens (tertiary/aromatic N) is 3. The Bertz CT molecular complexity index is 471. The minimum absolute atomic E-state index is 0.0460. The number of carbonyl (C=O) groups excluding carboxylic acids is 1. The molecule has 0 aliphatic carbocycles. The molecule has 0 N–H and O–H groups in total.